The molecular weight excluding hydrogens is 103 g/mol. The summed E-state index contributed by atoms with van der Waals surface area (Å²) >= 11 is 0. The Morgan fingerprint density at radius 3 is 1.43 bits per heavy atom. The van der Waals surface area contributed by atoms with Crippen LogP contribution in [0.2, 0.25) is 0 Å². The van der Waals surface area contributed by atoms with Crippen molar-refractivity contribution in [3.8, 4) is 0 Å². The maximum atomic E-state index is 7.90. The Labute approximate surface area is 66.1 Å². The first-order valence-corrected chi connectivity index (χ1v) is 1.89. The van der Waals surface area contributed by atoms with E-state index in [1.165, 1.54) is 0 Å². The van der Waals surface area contributed by atoms with Gasteiger partial charge in [-0.15, -0.1) is 0 Å². The standard InChI is InChI=1S/C4H10O2.Na.H/c1-4(2,3)6-5;;/h5H,1-3H3;;. The molecule has 0 aliphatic rings. The van der Waals surface area contributed by atoms with Gasteiger partial charge in [0.05, 0.1) is 5.60 Å². The van der Waals surface area contributed by atoms with Crippen molar-refractivity contribution < 1.29 is 10.1 Å². The van der Waals surface area contributed by atoms with Crippen LogP contribution in [0.3, 0.4) is 0 Å². The van der Waals surface area contributed by atoms with E-state index in [0.29, 0.717) is 0 Å². The second-order valence-electron chi connectivity index (χ2n) is 2.20. The summed E-state index contributed by atoms with van der Waals surface area (Å²) in [5.41, 5.74) is -0.403. The molecule has 0 spiro atoms. The average molecular weight is 114 g/mol. The fourth-order valence-corrected chi connectivity index (χ4v) is 0. The Morgan fingerprint density at radius 2 is 1.43 bits per heavy atom. The third-order valence-corrected chi connectivity index (χ3v) is 0.274. The molecule has 0 aliphatic heterocycles. The van der Waals surface area contributed by atoms with Crippen LogP contribution < -0.4 is 0 Å². The minimum atomic E-state index is -0.403. The first-order chi connectivity index (χ1) is 2.56. The molecule has 0 saturated carbocycles. The van der Waals surface area contributed by atoms with Crippen LogP contribution >= 0.6 is 0 Å². The second kappa shape index (κ2) is 3.87. The zero-order valence-electron chi connectivity index (χ0n) is 4.36. The summed E-state index contributed by atoms with van der Waals surface area (Å²) in [5.74, 6) is 0. The average Bonchev–Trinajstić information content (AvgIpc) is 1.35. The molecule has 0 heterocycles. The van der Waals surface area contributed by atoms with E-state index in [2.05, 4.69) is 4.89 Å². The molecule has 0 atom stereocenters. The van der Waals surface area contributed by atoms with Gasteiger partial charge >= 0.3 is 29.6 Å². The molecule has 0 unspecified atom stereocenters. The summed E-state index contributed by atoms with van der Waals surface area (Å²) in [6.45, 7) is 5.31. The van der Waals surface area contributed by atoms with Gasteiger partial charge in [-0.25, -0.2) is 4.89 Å². The second-order valence-corrected chi connectivity index (χ2v) is 2.20. The van der Waals surface area contributed by atoms with Gasteiger partial charge in [-0.3, -0.25) is 5.26 Å². The van der Waals surface area contributed by atoms with Crippen molar-refractivity contribution >= 4 is 29.6 Å². The molecule has 40 valence electrons. The van der Waals surface area contributed by atoms with Crippen molar-refractivity contribution in [3.63, 3.8) is 0 Å². The number of rotatable bonds is 0. The monoisotopic (exact) mass is 114 g/mol. The third-order valence-electron chi connectivity index (χ3n) is 0.274. The fourth-order valence-electron chi connectivity index (χ4n) is 0. The molecule has 3 heteroatoms. The van der Waals surface area contributed by atoms with Gasteiger partial charge < -0.3 is 0 Å². The molecule has 2 nitrogen and oxygen atoms in total. The van der Waals surface area contributed by atoms with Crippen LogP contribution in [0.15, 0.2) is 0 Å². The van der Waals surface area contributed by atoms with Crippen LogP contribution in [0.4, 0.5) is 0 Å². The van der Waals surface area contributed by atoms with E-state index in [-0.39, 0.29) is 29.6 Å². The molecule has 0 aliphatic carbocycles. The van der Waals surface area contributed by atoms with Gasteiger partial charge in [0.2, 0.25) is 0 Å². The van der Waals surface area contributed by atoms with Gasteiger partial charge in [-0.05, 0) is 20.8 Å². The Bertz CT molecular complexity index is 39.4. The van der Waals surface area contributed by atoms with E-state index in [9.17, 15) is 0 Å². The van der Waals surface area contributed by atoms with Gasteiger partial charge in [-0.2, -0.15) is 0 Å². The molecule has 0 aromatic carbocycles. The quantitative estimate of drug-likeness (QED) is 0.284. The summed E-state index contributed by atoms with van der Waals surface area (Å²) in [6.07, 6.45) is 0. The van der Waals surface area contributed by atoms with Crippen molar-refractivity contribution in [3.05, 3.63) is 0 Å². The molecule has 0 aromatic heterocycles. The summed E-state index contributed by atoms with van der Waals surface area (Å²) in [5, 5.41) is 7.90. The topological polar surface area (TPSA) is 29.5 Å². The Balaban J connectivity index is 0. The Kier molecular flexibility index (Phi) is 5.98. The van der Waals surface area contributed by atoms with Crippen LogP contribution in [0.5, 0.6) is 0 Å². The molecular formula is C4H11NaO2. The summed E-state index contributed by atoms with van der Waals surface area (Å²) < 4.78 is 0. The molecule has 1 N–H and O–H groups in total. The molecule has 0 amide bonds. The fraction of sp³-hybridized carbons (Fsp3) is 1.00. The van der Waals surface area contributed by atoms with Crippen molar-refractivity contribution in [2.24, 2.45) is 0 Å². The maximum absolute atomic E-state index is 7.90. The van der Waals surface area contributed by atoms with Crippen LogP contribution in [-0.2, 0) is 4.89 Å². The van der Waals surface area contributed by atoms with Gasteiger partial charge in [0.1, 0.15) is 0 Å². The summed E-state index contributed by atoms with van der Waals surface area (Å²) in [7, 11) is 0. The van der Waals surface area contributed by atoms with Crippen molar-refractivity contribution in [2.45, 2.75) is 26.4 Å². The molecule has 0 aromatic rings. The Hall–Kier alpha value is 0.920. The molecule has 0 radical (unpaired) electrons. The van der Waals surface area contributed by atoms with Crippen LogP contribution in [0, 0.1) is 0 Å². The molecule has 0 rings (SSSR count). The first-order valence-electron chi connectivity index (χ1n) is 1.89. The molecule has 7 heavy (non-hydrogen) atoms. The first kappa shape index (κ1) is 10.8. The zero-order chi connectivity index (χ0) is 5.21. The summed E-state index contributed by atoms with van der Waals surface area (Å²) in [6, 6.07) is 0. The number of hydrogen-bond acceptors (Lipinski definition) is 2. The van der Waals surface area contributed by atoms with E-state index in [0.717, 1.165) is 0 Å². The molecule has 0 fully saturated rings. The van der Waals surface area contributed by atoms with Gasteiger partial charge in [-0.1, -0.05) is 0 Å². The van der Waals surface area contributed by atoms with E-state index in [1.807, 2.05) is 0 Å². The SMILES string of the molecule is CC(C)(C)OO.[NaH]. The molecule has 0 saturated heterocycles. The van der Waals surface area contributed by atoms with Gasteiger partial charge in [0.25, 0.3) is 0 Å². The van der Waals surface area contributed by atoms with Gasteiger partial charge in [0, 0.05) is 0 Å². The Morgan fingerprint density at radius 1 is 1.29 bits per heavy atom. The predicted molar refractivity (Wildman–Crippen MR) is 30.6 cm³/mol. The van der Waals surface area contributed by atoms with Crippen molar-refractivity contribution in [1.29, 1.82) is 0 Å². The van der Waals surface area contributed by atoms with Crippen molar-refractivity contribution in [1.82, 2.24) is 0 Å². The van der Waals surface area contributed by atoms with Crippen LogP contribution in [0.25, 0.3) is 0 Å². The third kappa shape index (κ3) is 10.9. The van der Waals surface area contributed by atoms with Crippen molar-refractivity contribution in [2.75, 3.05) is 0 Å². The number of hydrogen-bond donors (Lipinski definition) is 1. The molecule has 0 bridgehead atoms. The minimum absolute atomic E-state index is 0. The summed E-state index contributed by atoms with van der Waals surface area (Å²) in [4.78, 5) is 3.94. The van der Waals surface area contributed by atoms with Crippen LogP contribution in [-0.4, -0.2) is 40.4 Å². The van der Waals surface area contributed by atoms with Crippen LogP contribution in [0.1, 0.15) is 20.8 Å². The van der Waals surface area contributed by atoms with Gasteiger partial charge in [0.15, 0.2) is 0 Å². The van der Waals surface area contributed by atoms with E-state index < -0.39 is 5.60 Å². The predicted octanol–water partition coefficient (Wildman–Crippen LogP) is 0.626. The normalized spacial score (nSPS) is 10.3. The van der Waals surface area contributed by atoms with E-state index >= 15 is 0 Å². The van der Waals surface area contributed by atoms with E-state index in [1.54, 1.807) is 20.8 Å². The van der Waals surface area contributed by atoms with E-state index in [4.69, 9.17) is 5.26 Å². The zero-order valence-corrected chi connectivity index (χ0v) is 4.36.